The standard InChI is InChI=1S/C14H15F7O2/c1-2-7-23-10-5-3-9(4-6-10)11(22)8-12(15,13(16,17)18)14(19,20)21/h3-6,11,22H,2,7-8H2,1H3. The molecule has 2 nitrogen and oxygen atoms in total. The minimum Gasteiger partial charge on any atom is -0.494 e. The number of hydrogen-bond donors (Lipinski definition) is 1. The SMILES string of the molecule is CCCOc1ccc(C(O)CC(F)(C(F)(F)F)C(F)(F)F)cc1. The molecule has 23 heavy (non-hydrogen) atoms. The van der Waals surface area contributed by atoms with Gasteiger partial charge in [-0.2, -0.15) is 26.3 Å². The van der Waals surface area contributed by atoms with E-state index in [1.165, 1.54) is 12.1 Å². The Morgan fingerprint density at radius 1 is 0.957 bits per heavy atom. The molecule has 1 rings (SSSR count). The fourth-order valence-corrected chi connectivity index (χ4v) is 1.78. The molecule has 1 aromatic carbocycles. The molecular formula is C14H15F7O2. The average Bonchev–Trinajstić information content (AvgIpc) is 2.43. The molecule has 0 aromatic heterocycles. The summed E-state index contributed by atoms with van der Waals surface area (Å²) in [6, 6.07) is 4.72. The first-order valence-electron chi connectivity index (χ1n) is 6.65. The number of aliphatic hydroxyl groups is 1. The van der Waals surface area contributed by atoms with E-state index in [-0.39, 0.29) is 5.56 Å². The van der Waals surface area contributed by atoms with Gasteiger partial charge in [-0.25, -0.2) is 4.39 Å². The normalized spacial score (nSPS) is 14.7. The number of aliphatic hydroxyl groups excluding tert-OH is 1. The highest BCUT2D eigenvalue weighted by Gasteiger charge is 2.72. The lowest BCUT2D eigenvalue weighted by atomic mass is 9.93. The Bertz CT molecular complexity index is 479. The molecule has 1 unspecified atom stereocenters. The van der Waals surface area contributed by atoms with Crippen LogP contribution in [0.2, 0.25) is 0 Å². The number of halogens is 7. The summed E-state index contributed by atoms with van der Waals surface area (Å²) in [5, 5.41) is 9.57. The van der Waals surface area contributed by atoms with Crippen molar-refractivity contribution in [2.45, 2.75) is 43.9 Å². The van der Waals surface area contributed by atoms with Crippen LogP contribution in [0.1, 0.15) is 31.4 Å². The zero-order valence-corrected chi connectivity index (χ0v) is 12.0. The van der Waals surface area contributed by atoms with Gasteiger partial charge in [0.2, 0.25) is 0 Å². The average molecular weight is 348 g/mol. The highest BCUT2D eigenvalue weighted by molar-refractivity contribution is 5.29. The van der Waals surface area contributed by atoms with E-state index in [9.17, 15) is 35.8 Å². The van der Waals surface area contributed by atoms with Crippen LogP contribution in [0.4, 0.5) is 30.7 Å². The fourth-order valence-electron chi connectivity index (χ4n) is 1.78. The van der Waals surface area contributed by atoms with Crippen molar-refractivity contribution in [2.75, 3.05) is 6.61 Å². The molecule has 0 fully saturated rings. The summed E-state index contributed by atoms with van der Waals surface area (Å²) in [5.41, 5.74) is -5.76. The van der Waals surface area contributed by atoms with Crippen molar-refractivity contribution >= 4 is 0 Å². The Morgan fingerprint density at radius 2 is 1.43 bits per heavy atom. The van der Waals surface area contributed by atoms with Gasteiger partial charge < -0.3 is 9.84 Å². The molecule has 0 amide bonds. The molecule has 1 atom stereocenters. The van der Waals surface area contributed by atoms with Crippen LogP contribution in [0.25, 0.3) is 0 Å². The quantitative estimate of drug-likeness (QED) is 0.753. The number of alkyl halides is 7. The zero-order valence-electron chi connectivity index (χ0n) is 12.0. The van der Waals surface area contributed by atoms with Gasteiger partial charge in [0.05, 0.1) is 12.7 Å². The van der Waals surface area contributed by atoms with Crippen molar-refractivity contribution in [3.63, 3.8) is 0 Å². The van der Waals surface area contributed by atoms with Gasteiger partial charge in [0, 0.05) is 6.42 Å². The minimum atomic E-state index is -6.18. The molecule has 1 aromatic rings. The molecule has 0 spiro atoms. The molecule has 0 heterocycles. The van der Waals surface area contributed by atoms with Gasteiger partial charge in [0.25, 0.3) is 0 Å². The van der Waals surface area contributed by atoms with Crippen LogP contribution in [-0.4, -0.2) is 29.7 Å². The van der Waals surface area contributed by atoms with Crippen LogP contribution >= 0.6 is 0 Å². The molecule has 9 heteroatoms. The molecule has 0 radical (unpaired) electrons. The molecule has 0 aliphatic heterocycles. The summed E-state index contributed by atoms with van der Waals surface area (Å²) in [6.07, 6.45) is -16.1. The predicted molar refractivity (Wildman–Crippen MR) is 67.8 cm³/mol. The van der Waals surface area contributed by atoms with Gasteiger partial charge in [-0.05, 0) is 24.1 Å². The number of hydrogen-bond acceptors (Lipinski definition) is 2. The molecule has 132 valence electrons. The third-order valence-corrected chi connectivity index (χ3v) is 3.11. The smallest absolute Gasteiger partial charge is 0.431 e. The van der Waals surface area contributed by atoms with Crippen LogP contribution in [0, 0.1) is 0 Å². The number of benzene rings is 1. The maximum Gasteiger partial charge on any atom is 0.431 e. The fraction of sp³-hybridized carbons (Fsp3) is 0.571. The van der Waals surface area contributed by atoms with Crippen molar-refractivity contribution in [2.24, 2.45) is 0 Å². The number of ether oxygens (including phenoxy) is 1. The topological polar surface area (TPSA) is 29.5 Å². The van der Waals surface area contributed by atoms with Crippen molar-refractivity contribution < 1.29 is 40.6 Å². The maximum atomic E-state index is 13.6. The first-order valence-corrected chi connectivity index (χ1v) is 6.65. The van der Waals surface area contributed by atoms with Crippen molar-refractivity contribution in [3.05, 3.63) is 29.8 Å². The predicted octanol–water partition coefficient (Wildman–Crippen LogP) is 4.73. The summed E-state index contributed by atoms with van der Waals surface area (Å²) in [4.78, 5) is 0. The summed E-state index contributed by atoms with van der Waals surface area (Å²) in [5.74, 6) is 0.334. The summed E-state index contributed by atoms with van der Waals surface area (Å²) in [7, 11) is 0. The van der Waals surface area contributed by atoms with Crippen molar-refractivity contribution in [3.8, 4) is 5.75 Å². The first kappa shape index (κ1) is 19.5. The third kappa shape index (κ3) is 4.49. The molecular weight excluding hydrogens is 333 g/mol. The van der Waals surface area contributed by atoms with E-state index in [0.29, 0.717) is 18.8 Å². The first-order chi connectivity index (χ1) is 10.4. The molecule has 0 aliphatic carbocycles. The lowest BCUT2D eigenvalue weighted by Gasteiger charge is -2.31. The van der Waals surface area contributed by atoms with E-state index < -0.39 is 30.5 Å². The minimum absolute atomic E-state index is 0.274. The highest BCUT2D eigenvalue weighted by Crippen LogP contribution is 2.50. The van der Waals surface area contributed by atoms with Crippen LogP contribution in [0.15, 0.2) is 24.3 Å². The van der Waals surface area contributed by atoms with Gasteiger partial charge >= 0.3 is 18.0 Å². The molecule has 0 aliphatic rings. The second-order valence-corrected chi connectivity index (χ2v) is 4.93. The van der Waals surface area contributed by atoms with E-state index in [1.807, 2.05) is 6.92 Å². The molecule has 0 bridgehead atoms. The molecule has 0 saturated heterocycles. The highest BCUT2D eigenvalue weighted by atomic mass is 19.4. The van der Waals surface area contributed by atoms with Crippen LogP contribution in [0.5, 0.6) is 5.75 Å². The monoisotopic (exact) mass is 348 g/mol. The van der Waals surface area contributed by atoms with Gasteiger partial charge in [-0.3, -0.25) is 0 Å². The van der Waals surface area contributed by atoms with Gasteiger partial charge in [0.15, 0.2) is 0 Å². The lowest BCUT2D eigenvalue weighted by Crippen LogP contribution is -2.54. The molecule has 1 N–H and O–H groups in total. The summed E-state index contributed by atoms with van der Waals surface area (Å²) in [6.45, 7) is 2.21. The maximum absolute atomic E-state index is 13.6. The van der Waals surface area contributed by atoms with Gasteiger partial charge in [-0.1, -0.05) is 19.1 Å². The van der Waals surface area contributed by atoms with Crippen LogP contribution in [-0.2, 0) is 0 Å². The Hall–Kier alpha value is -1.51. The molecule has 0 saturated carbocycles. The lowest BCUT2D eigenvalue weighted by molar-refractivity contribution is -0.347. The van der Waals surface area contributed by atoms with E-state index in [2.05, 4.69) is 0 Å². The van der Waals surface area contributed by atoms with E-state index in [0.717, 1.165) is 12.1 Å². The zero-order chi connectivity index (χ0) is 17.9. The largest absolute Gasteiger partial charge is 0.494 e. The Morgan fingerprint density at radius 3 is 1.83 bits per heavy atom. The van der Waals surface area contributed by atoms with Crippen LogP contribution in [0.3, 0.4) is 0 Å². The Balaban J connectivity index is 2.94. The van der Waals surface area contributed by atoms with E-state index in [1.54, 1.807) is 0 Å². The summed E-state index contributed by atoms with van der Waals surface area (Å²) < 4.78 is 93.5. The van der Waals surface area contributed by atoms with Crippen molar-refractivity contribution in [1.82, 2.24) is 0 Å². The van der Waals surface area contributed by atoms with Gasteiger partial charge in [0.1, 0.15) is 5.75 Å². The van der Waals surface area contributed by atoms with E-state index >= 15 is 0 Å². The number of rotatable bonds is 6. The van der Waals surface area contributed by atoms with Gasteiger partial charge in [-0.15, -0.1) is 0 Å². The second-order valence-electron chi connectivity index (χ2n) is 4.93. The third-order valence-electron chi connectivity index (χ3n) is 3.11. The Labute approximate surface area is 127 Å². The summed E-state index contributed by atoms with van der Waals surface area (Å²) >= 11 is 0. The Kier molecular flexibility index (Phi) is 5.89. The second kappa shape index (κ2) is 6.94. The van der Waals surface area contributed by atoms with Crippen LogP contribution < -0.4 is 4.74 Å². The van der Waals surface area contributed by atoms with Crippen molar-refractivity contribution in [1.29, 1.82) is 0 Å². The van der Waals surface area contributed by atoms with E-state index in [4.69, 9.17) is 4.74 Å².